The molecule has 158 valence electrons. The lowest BCUT2D eigenvalue weighted by atomic mass is 9.95. The Labute approximate surface area is 175 Å². The first-order chi connectivity index (χ1) is 14.7. The summed E-state index contributed by atoms with van der Waals surface area (Å²) in [7, 11) is 1.71. The van der Waals surface area contributed by atoms with Crippen LogP contribution in [0.15, 0.2) is 30.7 Å². The van der Waals surface area contributed by atoms with Gasteiger partial charge < -0.3 is 10.6 Å². The largest absolute Gasteiger partial charge is 0.366 e. The number of carbonyl (C=O) groups excluding carboxylic acids is 2. The van der Waals surface area contributed by atoms with Crippen molar-refractivity contribution in [2.45, 2.75) is 24.8 Å². The smallest absolute Gasteiger partial charge is 0.268 e. The average molecular weight is 425 g/mol. The lowest BCUT2D eigenvalue weighted by Crippen LogP contribution is -2.37. The summed E-state index contributed by atoms with van der Waals surface area (Å²) in [4.78, 5) is 34.3. The highest BCUT2D eigenvalue weighted by molar-refractivity contribution is 6.05. The van der Waals surface area contributed by atoms with E-state index in [4.69, 9.17) is 5.73 Å². The Hall–Kier alpha value is -3.94. The number of nitrogens with zero attached hydrogens (tertiary/aromatic N) is 6. The van der Waals surface area contributed by atoms with Gasteiger partial charge in [0, 0.05) is 36.8 Å². The Morgan fingerprint density at radius 1 is 1.32 bits per heavy atom. The maximum atomic E-state index is 13.8. The summed E-state index contributed by atoms with van der Waals surface area (Å²) in [5.74, 6) is -4.55. The molecule has 1 saturated heterocycles. The number of pyridine rings is 2. The number of fused-ring (bicyclic) bond motifs is 1. The quantitative estimate of drug-likeness (QED) is 0.673. The molecule has 4 rings (SSSR count). The number of nitrogens with two attached hydrogens (primary N) is 1. The van der Waals surface area contributed by atoms with E-state index in [9.17, 15) is 23.6 Å². The zero-order valence-electron chi connectivity index (χ0n) is 16.4. The third-order valence-corrected chi connectivity index (χ3v) is 5.26. The minimum absolute atomic E-state index is 0.123. The van der Waals surface area contributed by atoms with Gasteiger partial charge in [-0.1, -0.05) is 0 Å². The number of alkyl halides is 2. The Morgan fingerprint density at radius 2 is 2.06 bits per heavy atom. The fraction of sp³-hybridized carbons (Fsp3) is 0.300. The molecule has 11 heteroatoms. The standard InChI is InChI=1S/C20H17F2N7O2/c1-28-19-14(9-27-28)12(2-5-26-19)17-13(18(24)31)3-4-25-15(17)6-16(30)29-10-20(21,22)7-11(29)8-23/h2-5,9,11H,6-7,10H2,1H3,(H2,24,31). The number of halogens is 2. The molecule has 0 radical (unpaired) electrons. The average Bonchev–Trinajstić information content (AvgIpc) is 3.27. The van der Waals surface area contributed by atoms with Crippen LogP contribution in [0.2, 0.25) is 0 Å². The molecule has 1 aliphatic heterocycles. The maximum Gasteiger partial charge on any atom is 0.268 e. The van der Waals surface area contributed by atoms with Crippen LogP contribution in [-0.2, 0) is 18.3 Å². The third kappa shape index (κ3) is 3.56. The number of aromatic nitrogens is 4. The van der Waals surface area contributed by atoms with E-state index in [1.54, 1.807) is 30.1 Å². The van der Waals surface area contributed by atoms with Crippen molar-refractivity contribution in [2.75, 3.05) is 6.54 Å². The molecule has 0 aliphatic carbocycles. The molecule has 3 aromatic heterocycles. The fourth-order valence-electron chi connectivity index (χ4n) is 3.85. The summed E-state index contributed by atoms with van der Waals surface area (Å²) >= 11 is 0. The fourth-order valence-corrected chi connectivity index (χ4v) is 3.85. The Kier molecular flexibility index (Phi) is 4.85. The maximum absolute atomic E-state index is 13.8. The second-order valence-corrected chi connectivity index (χ2v) is 7.31. The van der Waals surface area contributed by atoms with Gasteiger partial charge in [0.1, 0.15) is 6.04 Å². The van der Waals surface area contributed by atoms with Gasteiger partial charge in [0.15, 0.2) is 5.65 Å². The number of nitriles is 1. The molecule has 1 atom stereocenters. The van der Waals surface area contributed by atoms with E-state index in [0.29, 0.717) is 22.2 Å². The molecule has 0 saturated carbocycles. The summed E-state index contributed by atoms with van der Waals surface area (Å²) in [6.07, 6.45) is 3.32. The highest BCUT2D eigenvalue weighted by Crippen LogP contribution is 2.35. The molecule has 0 spiro atoms. The van der Waals surface area contributed by atoms with Crippen molar-refractivity contribution in [1.29, 1.82) is 5.26 Å². The summed E-state index contributed by atoms with van der Waals surface area (Å²) in [6.45, 7) is -0.836. The minimum Gasteiger partial charge on any atom is -0.366 e. The van der Waals surface area contributed by atoms with Crippen molar-refractivity contribution in [3.8, 4) is 17.2 Å². The number of hydrogen-bond donors (Lipinski definition) is 1. The molecule has 3 aromatic rings. The van der Waals surface area contributed by atoms with Gasteiger partial charge >= 0.3 is 0 Å². The molecule has 1 unspecified atom stereocenters. The van der Waals surface area contributed by atoms with Crippen molar-refractivity contribution >= 4 is 22.8 Å². The zero-order valence-corrected chi connectivity index (χ0v) is 16.4. The monoisotopic (exact) mass is 425 g/mol. The van der Waals surface area contributed by atoms with Gasteiger partial charge in [-0.25, -0.2) is 13.8 Å². The molecular formula is C20H17F2N7O2. The van der Waals surface area contributed by atoms with Crippen LogP contribution in [0.3, 0.4) is 0 Å². The van der Waals surface area contributed by atoms with Gasteiger partial charge in [-0.2, -0.15) is 10.4 Å². The number of hydrogen-bond acceptors (Lipinski definition) is 6. The first-order valence-electron chi connectivity index (χ1n) is 9.33. The summed E-state index contributed by atoms with van der Waals surface area (Å²) in [5.41, 5.74) is 7.25. The second kappa shape index (κ2) is 7.39. The van der Waals surface area contributed by atoms with Crippen LogP contribution >= 0.6 is 0 Å². The Morgan fingerprint density at radius 3 is 2.77 bits per heavy atom. The molecule has 2 amide bonds. The van der Waals surface area contributed by atoms with E-state index in [-0.39, 0.29) is 17.7 Å². The molecular weight excluding hydrogens is 408 g/mol. The van der Waals surface area contributed by atoms with E-state index >= 15 is 0 Å². The Balaban J connectivity index is 1.81. The number of aryl methyl sites for hydroxylation is 1. The normalized spacial score (nSPS) is 17.6. The number of carbonyl (C=O) groups is 2. The van der Waals surface area contributed by atoms with E-state index in [1.807, 2.05) is 0 Å². The molecule has 0 bridgehead atoms. The third-order valence-electron chi connectivity index (χ3n) is 5.26. The zero-order chi connectivity index (χ0) is 22.3. The summed E-state index contributed by atoms with van der Waals surface area (Å²) in [5, 5.41) is 14.0. The van der Waals surface area contributed by atoms with Crippen molar-refractivity contribution in [2.24, 2.45) is 12.8 Å². The van der Waals surface area contributed by atoms with E-state index in [2.05, 4.69) is 15.1 Å². The van der Waals surface area contributed by atoms with Crippen molar-refractivity contribution in [1.82, 2.24) is 24.6 Å². The highest BCUT2D eigenvalue weighted by atomic mass is 19.3. The highest BCUT2D eigenvalue weighted by Gasteiger charge is 2.47. The number of rotatable bonds is 4. The van der Waals surface area contributed by atoms with Gasteiger partial charge in [-0.15, -0.1) is 0 Å². The van der Waals surface area contributed by atoms with Crippen LogP contribution in [0.1, 0.15) is 22.5 Å². The van der Waals surface area contributed by atoms with E-state index in [1.165, 1.54) is 18.5 Å². The molecule has 0 aromatic carbocycles. The molecule has 31 heavy (non-hydrogen) atoms. The lowest BCUT2D eigenvalue weighted by molar-refractivity contribution is -0.131. The van der Waals surface area contributed by atoms with Crippen LogP contribution in [0.4, 0.5) is 8.78 Å². The second-order valence-electron chi connectivity index (χ2n) is 7.31. The van der Waals surface area contributed by atoms with Crippen LogP contribution in [0, 0.1) is 11.3 Å². The number of likely N-dealkylation sites (tertiary alicyclic amines) is 1. The van der Waals surface area contributed by atoms with Crippen molar-refractivity contribution in [3.63, 3.8) is 0 Å². The predicted molar refractivity (Wildman–Crippen MR) is 105 cm³/mol. The first-order valence-corrected chi connectivity index (χ1v) is 9.33. The van der Waals surface area contributed by atoms with Crippen LogP contribution in [-0.4, -0.2) is 55.0 Å². The summed E-state index contributed by atoms with van der Waals surface area (Å²) < 4.78 is 29.1. The lowest BCUT2D eigenvalue weighted by Gasteiger charge is -2.20. The number of primary amides is 1. The van der Waals surface area contributed by atoms with Crippen molar-refractivity contribution in [3.05, 3.63) is 42.0 Å². The topological polar surface area (TPSA) is 131 Å². The minimum atomic E-state index is -3.13. The van der Waals surface area contributed by atoms with Gasteiger partial charge in [0.2, 0.25) is 11.8 Å². The molecule has 2 N–H and O–H groups in total. The van der Waals surface area contributed by atoms with E-state index in [0.717, 1.165) is 4.90 Å². The van der Waals surface area contributed by atoms with Crippen LogP contribution in [0.25, 0.3) is 22.2 Å². The van der Waals surface area contributed by atoms with Crippen LogP contribution < -0.4 is 5.73 Å². The number of amides is 2. The van der Waals surface area contributed by atoms with Gasteiger partial charge in [0.25, 0.3) is 5.92 Å². The summed E-state index contributed by atoms with van der Waals surface area (Å²) in [6, 6.07) is 3.59. The molecule has 1 aliphatic rings. The molecule has 9 nitrogen and oxygen atoms in total. The molecule has 4 heterocycles. The van der Waals surface area contributed by atoms with Gasteiger partial charge in [-0.3, -0.25) is 19.3 Å². The van der Waals surface area contributed by atoms with Gasteiger partial charge in [-0.05, 0) is 17.7 Å². The predicted octanol–water partition coefficient (Wildman–Crippen LogP) is 1.43. The molecule has 1 fully saturated rings. The SMILES string of the molecule is Cn1ncc2c(-c3c(C(N)=O)ccnc3CC(=O)N3CC(F)(F)CC3C#N)ccnc21. The van der Waals surface area contributed by atoms with Crippen molar-refractivity contribution < 1.29 is 18.4 Å². The first kappa shape index (κ1) is 20.3. The van der Waals surface area contributed by atoms with Crippen LogP contribution in [0.5, 0.6) is 0 Å². The van der Waals surface area contributed by atoms with Gasteiger partial charge in [0.05, 0.1) is 36.5 Å². The van der Waals surface area contributed by atoms with E-state index < -0.39 is 36.7 Å². The Bertz CT molecular complexity index is 1250.